The number of halogens is 1. The average molecular weight is 478 g/mol. The van der Waals surface area contributed by atoms with Gasteiger partial charge in [0.15, 0.2) is 5.82 Å². The molecule has 0 aliphatic carbocycles. The molecule has 0 aliphatic rings. The number of ether oxygens (including phenoxy) is 1. The van der Waals surface area contributed by atoms with Gasteiger partial charge in [0.1, 0.15) is 23.5 Å². The highest BCUT2D eigenvalue weighted by Gasteiger charge is 2.20. The molecule has 0 radical (unpaired) electrons. The first-order chi connectivity index (χ1) is 16.4. The molecule has 0 spiro atoms. The number of benzene rings is 1. The van der Waals surface area contributed by atoms with Gasteiger partial charge in [0.05, 0.1) is 24.5 Å². The summed E-state index contributed by atoms with van der Waals surface area (Å²) in [6.07, 6.45) is 2.30. The van der Waals surface area contributed by atoms with E-state index in [1.165, 1.54) is 24.1 Å². The number of rotatable bonds is 7. The van der Waals surface area contributed by atoms with Gasteiger partial charge in [-0.05, 0) is 36.2 Å². The summed E-state index contributed by atoms with van der Waals surface area (Å²) in [5.74, 6) is -0.104. The highest BCUT2D eigenvalue weighted by atomic mass is 35.5. The second kappa shape index (κ2) is 9.74. The van der Waals surface area contributed by atoms with Crippen LogP contribution in [0.25, 0.3) is 16.8 Å². The molecule has 0 aliphatic heterocycles. The maximum atomic E-state index is 12.9. The number of nitriles is 1. The monoisotopic (exact) mass is 477 g/mol. The molecule has 34 heavy (non-hydrogen) atoms. The first-order valence-corrected chi connectivity index (χ1v) is 10.6. The topological polar surface area (TPSA) is 151 Å². The summed E-state index contributed by atoms with van der Waals surface area (Å²) >= 11 is 5.88. The Balaban J connectivity index is 1.58. The van der Waals surface area contributed by atoms with Gasteiger partial charge in [-0.3, -0.25) is 4.79 Å². The van der Waals surface area contributed by atoms with Crippen molar-refractivity contribution in [1.82, 2.24) is 24.9 Å². The molecule has 4 rings (SSSR count). The van der Waals surface area contributed by atoms with Crippen LogP contribution in [0.1, 0.15) is 34.0 Å². The summed E-state index contributed by atoms with van der Waals surface area (Å²) in [6, 6.07) is 12.1. The molecule has 1 atom stereocenters. The van der Waals surface area contributed by atoms with E-state index in [9.17, 15) is 15.2 Å². The lowest BCUT2D eigenvalue weighted by molar-refractivity contribution is 0.0939. The Hall–Kier alpha value is -4.20. The molecule has 1 aromatic carbocycles. The number of aromatic nitrogens is 4. The van der Waals surface area contributed by atoms with Gasteiger partial charge in [0.25, 0.3) is 5.91 Å². The number of hydrogen-bond donors (Lipinski definition) is 3. The van der Waals surface area contributed by atoms with Crippen LogP contribution in [0.15, 0.2) is 48.9 Å². The third-order valence-electron chi connectivity index (χ3n) is 5.24. The Labute approximate surface area is 199 Å². The van der Waals surface area contributed by atoms with Crippen LogP contribution >= 0.6 is 11.6 Å². The minimum absolute atomic E-state index is 0.119. The lowest BCUT2D eigenvalue weighted by atomic mass is 10.1. The molecule has 0 fully saturated rings. The predicted octanol–water partition coefficient (Wildman–Crippen LogP) is 2.76. The molecule has 10 nitrogen and oxygen atoms in total. The number of fused-ring (bicyclic) bond motifs is 1. The van der Waals surface area contributed by atoms with Crippen molar-refractivity contribution in [2.24, 2.45) is 0 Å². The summed E-state index contributed by atoms with van der Waals surface area (Å²) in [4.78, 5) is 21.1. The SMILES string of the molecule is COc1ncc(-c2c(C#N)cc3c(N)ncnn23)cc1C(=O)NCC[C@H](O)c1ccc(Cl)cc1. The predicted molar refractivity (Wildman–Crippen MR) is 125 cm³/mol. The summed E-state index contributed by atoms with van der Waals surface area (Å²) in [5.41, 5.74) is 8.45. The number of aliphatic hydroxyl groups excluding tert-OH is 1. The smallest absolute Gasteiger partial charge is 0.256 e. The molecular weight excluding hydrogens is 458 g/mol. The number of hydrogen-bond acceptors (Lipinski definition) is 8. The van der Waals surface area contributed by atoms with Crippen molar-refractivity contribution in [1.29, 1.82) is 5.26 Å². The summed E-state index contributed by atoms with van der Waals surface area (Å²) in [5, 5.41) is 27.5. The van der Waals surface area contributed by atoms with Gasteiger partial charge in [-0.25, -0.2) is 14.5 Å². The van der Waals surface area contributed by atoms with Gasteiger partial charge in [-0.2, -0.15) is 10.4 Å². The summed E-state index contributed by atoms with van der Waals surface area (Å²) in [6.45, 7) is 0.206. The van der Waals surface area contributed by atoms with Crippen molar-refractivity contribution in [3.05, 3.63) is 70.6 Å². The van der Waals surface area contributed by atoms with Crippen LogP contribution in [0, 0.1) is 11.3 Å². The van der Waals surface area contributed by atoms with E-state index in [4.69, 9.17) is 22.1 Å². The number of pyridine rings is 1. The zero-order valence-corrected chi connectivity index (χ0v) is 18.8. The van der Waals surface area contributed by atoms with Gasteiger partial charge in [-0.1, -0.05) is 23.7 Å². The van der Waals surface area contributed by atoms with E-state index in [1.54, 1.807) is 36.4 Å². The van der Waals surface area contributed by atoms with Crippen molar-refractivity contribution in [3.63, 3.8) is 0 Å². The van der Waals surface area contributed by atoms with Gasteiger partial charge in [0.2, 0.25) is 5.88 Å². The number of nitrogen functional groups attached to an aromatic ring is 1. The molecule has 4 N–H and O–H groups in total. The molecule has 1 amide bonds. The molecule has 3 heterocycles. The zero-order valence-electron chi connectivity index (χ0n) is 18.1. The van der Waals surface area contributed by atoms with Crippen LogP contribution in [0.2, 0.25) is 5.02 Å². The van der Waals surface area contributed by atoms with E-state index in [1.807, 2.05) is 0 Å². The van der Waals surface area contributed by atoms with Crippen molar-refractivity contribution in [2.75, 3.05) is 19.4 Å². The minimum Gasteiger partial charge on any atom is -0.480 e. The van der Waals surface area contributed by atoms with E-state index >= 15 is 0 Å². The lowest BCUT2D eigenvalue weighted by Crippen LogP contribution is -2.26. The molecule has 0 saturated carbocycles. The van der Waals surface area contributed by atoms with E-state index < -0.39 is 12.0 Å². The van der Waals surface area contributed by atoms with Gasteiger partial charge in [0, 0.05) is 23.3 Å². The number of aliphatic hydroxyl groups is 1. The Morgan fingerprint density at radius 2 is 2.09 bits per heavy atom. The second-order valence-corrected chi connectivity index (χ2v) is 7.79. The Morgan fingerprint density at radius 1 is 1.32 bits per heavy atom. The Morgan fingerprint density at radius 3 is 2.79 bits per heavy atom. The van der Waals surface area contributed by atoms with Crippen molar-refractivity contribution >= 4 is 28.8 Å². The van der Waals surface area contributed by atoms with Crippen LogP contribution in [0.4, 0.5) is 5.82 Å². The number of methoxy groups -OCH3 is 1. The largest absolute Gasteiger partial charge is 0.480 e. The number of amides is 1. The number of nitrogens with zero attached hydrogens (tertiary/aromatic N) is 5. The van der Waals surface area contributed by atoms with Crippen LogP contribution in [0.5, 0.6) is 5.88 Å². The number of nitrogens with one attached hydrogen (secondary N) is 1. The maximum absolute atomic E-state index is 12.9. The number of carbonyl (C=O) groups excluding carboxylic acids is 1. The van der Waals surface area contributed by atoms with E-state index in [0.717, 1.165) is 0 Å². The standard InChI is InChI=1S/C23H20ClN7O3/c1-34-23-17(22(33)27-7-6-19(32)13-2-4-16(24)5-3-13)8-15(11-28-23)20-14(10-25)9-18-21(26)29-12-30-31(18)20/h2-5,8-9,11-12,19,32H,6-7H2,1H3,(H,27,33)(H2,26,29,30)/t19-/m0/s1. The van der Waals surface area contributed by atoms with Crippen molar-refractivity contribution in [3.8, 4) is 23.2 Å². The molecule has 0 unspecified atom stereocenters. The third-order valence-corrected chi connectivity index (χ3v) is 5.50. The first kappa shape index (κ1) is 23.0. The first-order valence-electron chi connectivity index (χ1n) is 10.2. The molecule has 0 saturated heterocycles. The van der Waals surface area contributed by atoms with Gasteiger partial charge >= 0.3 is 0 Å². The minimum atomic E-state index is -0.765. The van der Waals surface area contributed by atoms with Crippen molar-refractivity contribution < 1.29 is 14.6 Å². The Kier molecular flexibility index (Phi) is 6.58. The van der Waals surface area contributed by atoms with Crippen LogP contribution < -0.4 is 15.8 Å². The third kappa shape index (κ3) is 4.47. The fraction of sp³-hybridized carbons (Fsp3) is 0.174. The number of carbonyl (C=O) groups is 1. The molecule has 0 bridgehead atoms. The van der Waals surface area contributed by atoms with Crippen LogP contribution in [0.3, 0.4) is 0 Å². The van der Waals surface area contributed by atoms with Crippen LogP contribution in [-0.4, -0.2) is 44.3 Å². The molecule has 172 valence electrons. The van der Waals surface area contributed by atoms with Gasteiger partial charge < -0.3 is 20.9 Å². The summed E-state index contributed by atoms with van der Waals surface area (Å²) in [7, 11) is 1.41. The molecule has 3 aromatic heterocycles. The molecular formula is C23H20ClN7O3. The fourth-order valence-electron chi connectivity index (χ4n) is 3.55. The Bertz CT molecular complexity index is 1400. The second-order valence-electron chi connectivity index (χ2n) is 7.35. The quantitative estimate of drug-likeness (QED) is 0.367. The highest BCUT2D eigenvalue weighted by molar-refractivity contribution is 6.30. The lowest BCUT2D eigenvalue weighted by Gasteiger charge is -2.13. The fourth-order valence-corrected chi connectivity index (χ4v) is 3.67. The maximum Gasteiger partial charge on any atom is 0.256 e. The van der Waals surface area contributed by atoms with E-state index in [-0.39, 0.29) is 23.8 Å². The summed E-state index contributed by atoms with van der Waals surface area (Å²) < 4.78 is 6.74. The normalized spacial score (nSPS) is 11.7. The zero-order chi connectivity index (χ0) is 24.2. The highest BCUT2D eigenvalue weighted by Crippen LogP contribution is 2.30. The van der Waals surface area contributed by atoms with Crippen molar-refractivity contribution in [2.45, 2.75) is 12.5 Å². The average Bonchev–Trinajstić information content (AvgIpc) is 3.24. The number of anilines is 1. The van der Waals surface area contributed by atoms with E-state index in [2.05, 4.69) is 26.5 Å². The number of nitrogens with two attached hydrogens (primary N) is 1. The van der Waals surface area contributed by atoms with Crippen LogP contribution in [-0.2, 0) is 0 Å². The molecule has 4 aromatic rings. The van der Waals surface area contributed by atoms with Gasteiger partial charge in [-0.15, -0.1) is 0 Å². The molecule has 11 heteroatoms. The van der Waals surface area contributed by atoms with E-state index in [0.29, 0.717) is 39.3 Å².